The quantitative estimate of drug-likeness (QED) is 0.424. The second kappa shape index (κ2) is 6.95. The maximum Gasteiger partial charge on any atom is 0.417 e. The molecule has 0 radical (unpaired) electrons. The lowest BCUT2D eigenvalue weighted by Crippen LogP contribution is -2.07. The lowest BCUT2D eigenvalue weighted by molar-refractivity contribution is -0.138. The second-order valence-corrected chi connectivity index (χ2v) is 7.05. The molecule has 0 aromatic heterocycles. The molecule has 7 heteroatoms. The first-order chi connectivity index (χ1) is 10.2. The van der Waals surface area contributed by atoms with E-state index in [0.717, 1.165) is 10.5 Å². The van der Waals surface area contributed by atoms with Crippen LogP contribution in [0.25, 0.3) is 5.57 Å². The van der Waals surface area contributed by atoms with Gasteiger partial charge in [-0.05, 0) is 35.4 Å². The molecule has 0 saturated heterocycles. The number of rotatable bonds is 2. The molecule has 0 atom stereocenters. The molecular weight excluding hydrogens is 468 g/mol. The molecule has 0 amide bonds. The van der Waals surface area contributed by atoms with E-state index in [-0.39, 0.29) is 14.5 Å². The number of hydrogen-bond donors (Lipinski definition) is 0. The Hall–Kier alpha value is -0.490. The molecule has 2 rings (SSSR count). The minimum absolute atomic E-state index is 0.0374. The SMILES string of the molecule is FC(F)(F)c1cc(C(=C(Cl)Cl)c2ccc(Br)cc2)ccc1Br. The molecule has 0 heterocycles. The zero-order valence-electron chi connectivity index (χ0n) is 10.7. The fraction of sp³-hybridized carbons (Fsp3) is 0.0667. The largest absolute Gasteiger partial charge is 0.417 e. The van der Waals surface area contributed by atoms with E-state index in [1.54, 1.807) is 24.3 Å². The Morgan fingerprint density at radius 1 is 0.864 bits per heavy atom. The lowest BCUT2D eigenvalue weighted by Gasteiger charge is -2.14. The van der Waals surface area contributed by atoms with Crippen LogP contribution < -0.4 is 0 Å². The summed E-state index contributed by atoms with van der Waals surface area (Å²) in [6.45, 7) is 0. The summed E-state index contributed by atoms with van der Waals surface area (Å²) in [4.78, 5) is 0. The molecule has 0 aliphatic rings. The number of halogens is 7. The first-order valence-electron chi connectivity index (χ1n) is 5.88. The van der Waals surface area contributed by atoms with E-state index < -0.39 is 11.7 Å². The van der Waals surface area contributed by atoms with Crippen LogP contribution >= 0.6 is 55.1 Å². The Kier molecular flexibility index (Phi) is 5.64. The second-order valence-electron chi connectivity index (χ2n) is 4.33. The maximum atomic E-state index is 13.0. The van der Waals surface area contributed by atoms with Gasteiger partial charge in [-0.15, -0.1) is 0 Å². The van der Waals surface area contributed by atoms with Gasteiger partial charge >= 0.3 is 6.18 Å². The van der Waals surface area contributed by atoms with Gasteiger partial charge in [-0.1, -0.05) is 73.3 Å². The molecule has 0 saturated carbocycles. The van der Waals surface area contributed by atoms with E-state index in [4.69, 9.17) is 23.2 Å². The van der Waals surface area contributed by atoms with Crippen molar-refractivity contribution in [2.75, 3.05) is 0 Å². The fourth-order valence-electron chi connectivity index (χ4n) is 1.90. The zero-order chi connectivity index (χ0) is 16.5. The van der Waals surface area contributed by atoms with Crippen LogP contribution in [-0.4, -0.2) is 0 Å². The Morgan fingerprint density at radius 2 is 1.41 bits per heavy atom. The summed E-state index contributed by atoms with van der Waals surface area (Å²) in [7, 11) is 0. The normalized spacial score (nSPS) is 11.4. The van der Waals surface area contributed by atoms with Gasteiger partial charge in [-0.25, -0.2) is 0 Å². The molecule has 0 fully saturated rings. The Labute approximate surface area is 152 Å². The van der Waals surface area contributed by atoms with Crippen molar-refractivity contribution in [1.82, 2.24) is 0 Å². The van der Waals surface area contributed by atoms with Crippen molar-refractivity contribution >= 4 is 60.6 Å². The Balaban J connectivity index is 2.61. The highest BCUT2D eigenvalue weighted by Crippen LogP contribution is 2.39. The van der Waals surface area contributed by atoms with E-state index in [1.807, 2.05) is 0 Å². The van der Waals surface area contributed by atoms with Crippen LogP contribution in [0.1, 0.15) is 16.7 Å². The molecule has 0 N–H and O–H groups in total. The molecular formula is C15H7Br2Cl2F3. The smallest absolute Gasteiger partial charge is 0.166 e. The van der Waals surface area contributed by atoms with Gasteiger partial charge in [0.15, 0.2) is 0 Å². The average Bonchev–Trinajstić information content (AvgIpc) is 2.41. The fourth-order valence-corrected chi connectivity index (χ4v) is 3.07. The van der Waals surface area contributed by atoms with E-state index in [0.29, 0.717) is 11.1 Å². The first kappa shape index (κ1) is 17.9. The van der Waals surface area contributed by atoms with Gasteiger partial charge in [0, 0.05) is 14.5 Å². The molecule has 0 aliphatic carbocycles. The predicted molar refractivity (Wildman–Crippen MR) is 91.0 cm³/mol. The molecule has 0 bridgehead atoms. The van der Waals surface area contributed by atoms with Crippen LogP contribution in [-0.2, 0) is 6.18 Å². The van der Waals surface area contributed by atoms with Gasteiger partial charge in [0.2, 0.25) is 0 Å². The van der Waals surface area contributed by atoms with E-state index in [1.165, 1.54) is 12.1 Å². The van der Waals surface area contributed by atoms with Crippen molar-refractivity contribution in [3.63, 3.8) is 0 Å². The van der Waals surface area contributed by atoms with Gasteiger partial charge in [-0.2, -0.15) is 13.2 Å². The third kappa shape index (κ3) is 4.07. The monoisotopic (exact) mass is 472 g/mol. The number of benzene rings is 2. The van der Waals surface area contributed by atoms with E-state index >= 15 is 0 Å². The van der Waals surface area contributed by atoms with Crippen molar-refractivity contribution in [1.29, 1.82) is 0 Å². The van der Waals surface area contributed by atoms with Crippen molar-refractivity contribution in [3.05, 3.63) is 72.6 Å². The molecule has 116 valence electrons. The van der Waals surface area contributed by atoms with Crippen molar-refractivity contribution in [3.8, 4) is 0 Å². The van der Waals surface area contributed by atoms with Gasteiger partial charge in [0.05, 0.1) is 5.56 Å². The van der Waals surface area contributed by atoms with Crippen LogP contribution in [0.3, 0.4) is 0 Å². The minimum atomic E-state index is -4.47. The summed E-state index contributed by atoms with van der Waals surface area (Å²) >= 11 is 18.0. The summed E-state index contributed by atoms with van der Waals surface area (Å²) in [5, 5.41) is 0. The standard InChI is InChI=1S/C15H7Br2Cl2F3/c16-10-4-1-8(2-5-10)13(14(18)19)9-3-6-12(17)11(7-9)15(20,21)22/h1-7H. The third-order valence-corrected chi connectivity index (χ3v) is 4.48. The average molecular weight is 475 g/mol. The number of hydrogen-bond acceptors (Lipinski definition) is 0. The molecule has 0 unspecified atom stereocenters. The summed E-state index contributed by atoms with van der Waals surface area (Å²) in [6.07, 6.45) is -4.47. The summed E-state index contributed by atoms with van der Waals surface area (Å²) in [5.74, 6) is 0. The van der Waals surface area contributed by atoms with Gasteiger partial charge < -0.3 is 0 Å². The Bertz CT molecular complexity index is 719. The summed E-state index contributed by atoms with van der Waals surface area (Å²) in [6, 6.07) is 10.8. The van der Waals surface area contributed by atoms with E-state index in [9.17, 15) is 13.2 Å². The summed E-state index contributed by atoms with van der Waals surface area (Å²) < 4.78 is 39.8. The zero-order valence-corrected chi connectivity index (χ0v) is 15.4. The van der Waals surface area contributed by atoms with Crippen molar-refractivity contribution in [2.24, 2.45) is 0 Å². The molecule has 0 spiro atoms. The highest BCUT2D eigenvalue weighted by molar-refractivity contribution is 9.10. The van der Waals surface area contributed by atoms with Crippen LogP contribution in [0.15, 0.2) is 55.9 Å². The van der Waals surface area contributed by atoms with Crippen LogP contribution in [0.2, 0.25) is 0 Å². The summed E-state index contributed by atoms with van der Waals surface area (Å²) in [5.41, 5.74) is 0.472. The number of alkyl halides is 3. The van der Waals surface area contributed by atoms with Crippen LogP contribution in [0.4, 0.5) is 13.2 Å². The van der Waals surface area contributed by atoms with Gasteiger partial charge in [0.25, 0.3) is 0 Å². The van der Waals surface area contributed by atoms with Crippen LogP contribution in [0.5, 0.6) is 0 Å². The molecule has 22 heavy (non-hydrogen) atoms. The van der Waals surface area contributed by atoms with E-state index in [2.05, 4.69) is 31.9 Å². The topological polar surface area (TPSA) is 0 Å². The third-order valence-electron chi connectivity index (χ3n) is 2.88. The molecule has 0 aliphatic heterocycles. The highest BCUT2D eigenvalue weighted by Gasteiger charge is 2.33. The van der Waals surface area contributed by atoms with Crippen molar-refractivity contribution in [2.45, 2.75) is 6.18 Å². The molecule has 0 nitrogen and oxygen atoms in total. The minimum Gasteiger partial charge on any atom is -0.166 e. The van der Waals surface area contributed by atoms with Crippen LogP contribution in [0, 0.1) is 0 Å². The first-order valence-corrected chi connectivity index (χ1v) is 8.22. The molecule has 2 aromatic rings. The van der Waals surface area contributed by atoms with Gasteiger partial charge in [0.1, 0.15) is 4.49 Å². The Morgan fingerprint density at radius 3 is 1.91 bits per heavy atom. The highest BCUT2D eigenvalue weighted by atomic mass is 79.9. The maximum absolute atomic E-state index is 13.0. The van der Waals surface area contributed by atoms with Gasteiger partial charge in [-0.3, -0.25) is 0 Å². The predicted octanol–water partition coefficient (Wildman–Crippen LogP) is 7.42. The van der Waals surface area contributed by atoms with Crippen molar-refractivity contribution < 1.29 is 13.2 Å². The molecule has 2 aromatic carbocycles. The lowest BCUT2D eigenvalue weighted by atomic mass is 9.98.